The first kappa shape index (κ1) is 20.4. The molecule has 1 amide bonds. The van der Waals surface area contributed by atoms with E-state index < -0.39 is 0 Å². The molecule has 156 valence electrons. The van der Waals surface area contributed by atoms with Crippen molar-refractivity contribution < 1.29 is 9.90 Å². The Bertz CT molecular complexity index is 1010. The molecule has 4 rings (SSSR count). The molecule has 5 heteroatoms. The molecule has 0 spiro atoms. The van der Waals surface area contributed by atoms with Gasteiger partial charge >= 0.3 is 0 Å². The van der Waals surface area contributed by atoms with E-state index >= 15 is 0 Å². The van der Waals surface area contributed by atoms with Crippen LogP contribution in [0.1, 0.15) is 36.0 Å². The van der Waals surface area contributed by atoms with E-state index in [-0.39, 0.29) is 11.7 Å². The zero-order chi connectivity index (χ0) is 20.9. The Morgan fingerprint density at radius 1 is 1.00 bits per heavy atom. The highest BCUT2D eigenvalue weighted by Gasteiger charge is 2.22. The molecule has 3 N–H and O–H groups in total. The Morgan fingerprint density at radius 2 is 1.67 bits per heavy atom. The lowest BCUT2D eigenvalue weighted by atomic mass is 9.82. The molecule has 0 bridgehead atoms. The standard InChI is InChI=1S/C25H29N3O2/c1-26-15-17-6-8-18(9-7-17)16-27-25(30)22-14-24(19-10-12-20(29)13-11-19)28-23-5-3-2-4-21(22)23/h2-5,10-14,17-18,26,29H,6-9,15-16H2,1H3,(H,27,30)/t17-,18-. The number of fused-ring (bicyclic) bond motifs is 1. The first-order valence-electron chi connectivity index (χ1n) is 10.8. The van der Waals surface area contributed by atoms with E-state index in [0.29, 0.717) is 11.5 Å². The maximum absolute atomic E-state index is 13.1. The van der Waals surface area contributed by atoms with Crippen LogP contribution in [-0.2, 0) is 0 Å². The lowest BCUT2D eigenvalue weighted by molar-refractivity contribution is 0.0943. The van der Waals surface area contributed by atoms with Gasteiger partial charge in [0.25, 0.3) is 5.91 Å². The van der Waals surface area contributed by atoms with E-state index in [4.69, 9.17) is 4.98 Å². The monoisotopic (exact) mass is 403 g/mol. The van der Waals surface area contributed by atoms with Gasteiger partial charge < -0.3 is 15.7 Å². The number of nitrogens with zero attached hydrogens (tertiary/aromatic N) is 1. The number of carbonyl (C=O) groups is 1. The van der Waals surface area contributed by atoms with E-state index in [0.717, 1.165) is 41.2 Å². The zero-order valence-corrected chi connectivity index (χ0v) is 17.4. The largest absolute Gasteiger partial charge is 0.508 e. The van der Waals surface area contributed by atoms with Crippen molar-refractivity contribution in [3.63, 3.8) is 0 Å². The number of aromatic nitrogens is 1. The predicted octanol–water partition coefficient (Wildman–Crippen LogP) is 4.36. The number of nitrogens with one attached hydrogen (secondary N) is 2. The third-order valence-electron chi connectivity index (χ3n) is 6.13. The predicted molar refractivity (Wildman–Crippen MR) is 121 cm³/mol. The van der Waals surface area contributed by atoms with Gasteiger partial charge in [-0.05, 0) is 87.5 Å². The number of hydrogen-bond acceptors (Lipinski definition) is 4. The molecule has 2 aromatic carbocycles. The van der Waals surface area contributed by atoms with Gasteiger partial charge in [-0.1, -0.05) is 18.2 Å². The van der Waals surface area contributed by atoms with Gasteiger partial charge in [-0.2, -0.15) is 0 Å². The van der Waals surface area contributed by atoms with Crippen molar-refractivity contribution in [3.8, 4) is 17.0 Å². The minimum atomic E-state index is -0.0500. The number of rotatable bonds is 6. The summed E-state index contributed by atoms with van der Waals surface area (Å²) >= 11 is 0. The quantitative estimate of drug-likeness (QED) is 0.572. The Labute approximate surface area is 177 Å². The minimum Gasteiger partial charge on any atom is -0.508 e. The number of phenolic OH excluding ortho intramolecular Hbond substituents is 1. The Kier molecular flexibility index (Phi) is 6.29. The fourth-order valence-corrected chi connectivity index (χ4v) is 4.40. The fourth-order valence-electron chi connectivity index (χ4n) is 4.40. The Balaban J connectivity index is 1.52. The van der Waals surface area contributed by atoms with Crippen molar-refractivity contribution in [3.05, 3.63) is 60.2 Å². The summed E-state index contributed by atoms with van der Waals surface area (Å²) in [6.45, 7) is 1.80. The normalized spacial score (nSPS) is 19.0. The summed E-state index contributed by atoms with van der Waals surface area (Å²) in [5, 5.41) is 16.9. The highest BCUT2D eigenvalue weighted by Crippen LogP contribution is 2.29. The number of hydrogen-bond donors (Lipinski definition) is 3. The van der Waals surface area contributed by atoms with Gasteiger partial charge in [0.15, 0.2) is 0 Å². The Morgan fingerprint density at radius 3 is 2.37 bits per heavy atom. The average molecular weight is 404 g/mol. The summed E-state index contributed by atoms with van der Waals surface area (Å²) < 4.78 is 0. The molecule has 0 aliphatic heterocycles. The van der Waals surface area contributed by atoms with Crippen molar-refractivity contribution in [2.24, 2.45) is 11.8 Å². The molecule has 1 aliphatic rings. The van der Waals surface area contributed by atoms with E-state index in [9.17, 15) is 9.90 Å². The van der Waals surface area contributed by atoms with Gasteiger partial charge in [0.2, 0.25) is 0 Å². The molecular weight excluding hydrogens is 374 g/mol. The third-order valence-corrected chi connectivity index (χ3v) is 6.13. The second-order valence-corrected chi connectivity index (χ2v) is 8.27. The second kappa shape index (κ2) is 9.26. The number of phenols is 1. The Hall–Kier alpha value is -2.92. The highest BCUT2D eigenvalue weighted by atomic mass is 16.3. The van der Waals surface area contributed by atoms with Crippen LogP contribution < -0.4 is 10.6 Å². The van der Waals surface area contributed by atoms with Crippen LogP contribution in [0, 0.1) is 11.8 Å². The molecule has 0 saturated heterocycles. The van der Waals surface area contributed by atoms with Crippen molar-refractivity contribution in [1.82, 2.24) is 15.6 Å². The maximum Gasteiger partial charge on any atom is 0.252 e. The molecule has 0 radical (unpaired) electrons. The van der Waals surface area contributed by atoms with Crippen LogP contribution in [0.15, 0.2) is 54.6 Å². The van der Waals surface area contributed by atoms with E-state index in [2.05, 4.69) is 10.6 Å². The van der Waals surface area contributed by atoms with Gasteiger partial charge in [-0.3, -0.25) is 4.79 Å². The maximum atomic E-state index is 13.1. The molecule has 0 atom stereocenters. The van der Waals surface area contributed by atoms with Crippen LogP contribution >= 0.6 is 0 Å². The number of amides is 1. The van der Waals surface area contributed by atoms with Crippen molar-refractivity contribution in [1.29, 1.82) is 0 Å². The third kappa shape index (κ3) is 4.62. The summed E-state index contributed by atoms with van der Waals surface area (Å²) in [7, 11) is 2.01. The number of aromatic hydroxyl groups is 1. The summed E-state index contributed by atoms with van der Waals surface area (Å²) in [6.07, 6.45) is 4.79. The first-order valence-corrected chi connectivity index (χ1v) is 10.8. The van der Waals surface area contributed by atoms with Crippen molar-refractivity contribution in [2.75, 3.05) is 20.1 Å². The topological polar surface area (TPSA) is 74.2 Å². The summed E-state index contributed by atoms with van der Waals surface area (Å²) in [4.78, 5) is 17.8. The molecule has 1 aliphatic carbocycles. The van der Waals surface area contributed by atoms with Gasteiger partial charge in [0.05, 0.1) is 16.8 Å². The van der Waals surface area contributed by atoms with E-state index in [1.165, 1.54) is 25.7 Å². The van der Waals surface area contributed by atoms with Gasteiger partial charge in [-0.25, -0.2) is 4.98 Å². The van der Waals surface area contributed by atoms with E-state index in [1.807, 2.05) is 49.5 Å². The highest BCUT2D eigenvalue weighted by molar-refractivity contribution is 6.07. The molecule has 1 heterocycles. The van der Waals surface area contributed by atoms with Crippen LogP contribution in [0.4, 0.5) is 0 Å². The SMILES string of the molecule is CNC[C@H]1CC[C@H](CNC(=O)c2cc(-c3ccc(O)cc3)nc3ccccc23)CC1. The van der Waals surface area contributed by atoms with E-state index in [1.54, 1.807) is 12.1 Å². The van der Waals surface area contributed by atoms with Crippen LogP contribution in [0.2, 0.25) is 0 Å². The molecule has 3 aromatic rings. The average Bonchev–Trinajstić information content (AvgIpc) is 2.78. The second-order valence-electron chi connectivity index (χ2n) is 8.27. The molecule has 1 fully saturated rings. The number of para-hydroxylation sites is 1. The molecule has 1 saturated carbocycles. The molecular formula is C25H29N3O2. The minimum absolute atomic E-state index is 0.0500. The van der Waals surface area contributed by atoms with Gasteiger partial charge in [0, 0.05) is 17.5 Å². The summed E-state index contributed by atoms with van der Waals surface area (Å²) in [6, 6.07) is 16.5. The molecule has 0 unspecified atom stereocenters. The summed E-state index contributed by atoms with van der Waals surface area (Å²) in [5.74, 6) is 1.47. The number of pyridine rings is 1. The molecule has 30 heavy (non-hydrogen) atoms. The number of benzene rings is 2. The smallest absolute Gasteiger partial charge is 0.252 e. The van der Waals surface area contributed by atoms with Crippen LogP contribution in [0.3, 0.4) is 0 Å². The van der Waals surface area contributed by atoms with Crippen molar-refractivity contribution >= 4 is 16.8 Å². The molecule has 1 aromatic heterocycles. The number of carbonyl (C=O) groups excluding carboxylic acids is 1. The zero-order valence-electron chi connectivity index (χ0n) is 17.4. The van der Waals surface area contributed by atoms with Crippen LogP contribution in [-0.4, -0.2) is 36.1 Å². The van der Waals surface area contributed by atoms with Crippen molar-refractivity contribution in [2.45, 2.75) is 25.7 Å². The lowest BCUT2D eigenvalue weighted by Gasteiger charge is -2.28. The fraction of sp³-hybridized carbons (Fsp3) is 0.360. The lowest BCUT2D eigenvalue weighted by Crippen LogP contribution is -2.32. The summed E-state index contributed by atoms with van der Waals surface area (Å²) in [5.41, 5.74) is 3.04. The van der Waals surface area contributed by atoms with Crippen LogP contribution in [0.5, 0.6) is 5.75 Å². The van der Waals surface area contributed by atoms with Gasteiger partial charge in [-0.15, -0.1) is 0 Å². The van der Waals surface area contributed by atoms with Gasteiger partial charge in [0.1, 0.15) is 5.75 Å². The molecule has 5 nitrogen and oxygen atoms in total. The van der Waals surface area contributed by atoms with Crippen LogP contribution in [0.25, 0.3) is 22.2 Å². The first-order chi connectivity index (χ1) is 14.6.